The Labute approximate surface area is 287 Å². The summed E-state index contributed by atoms with van der Waals surface area (Å²) < 4.78 is 12.3. The number of anilines is 1. The van der Waals surface area contributed by atoms with E-state index >= 15 is 0 Å². The average molecular weight is 776 g/mol. The fourth-order valence-electron chi connectivity index (χ4n) is 4.48. The molecule has 0 spiro atoms. The molecule has 0 bridgehead atoms. The van der Waals surface area contributed by atoms with Crippen LogP contribution in [0.1, 0.15) is 23.0 Å². The van der Waals surface area contributed by atoms with Crippen molar-refractivity contribution in [3.05, 3.63) is 106 Å². The van der Waals surface area contributed by atoms with Crippen LogP contribution in [0.5, 0.6) is 0 Å². The molecule has 1 atom stereocenters. The summed E-state index contributed by atoms with van der Waals surface area (Å²) in [4.78, 5) is 33.1. The number of carbonyl (C=O) groups is 2. The van der Waals surface area contributed by atoms with Gasteiger partial charge >= 0.3 is 12.1 Å². The third kappa shape index (κ3) is 9.15. The minimum atomic E-state index is -0.583. The second-order valence-corrected chi connectivity index (χ2v) is 11.2. The van der Waals surface area contributed by atoms with Gasteiger partial charge in [0.15, 0.2) is 0 Å². The zero-order valence-electron chi connectivity index (χ0n) is 24.1. The number of rotatable bonds is 13. The van der Waals surface area contributed by atoms with Crippen LogP contribution in [0.25, 0.3) is 16.9 Å². The van der Waals surface area contributed by atoms with Crippen LogP contribution in [0.3, 0.4) is 0 Å². The van der Waals surface area contributed by atoms with E-state index in [4.69, 9.17) is 37.7 Å². The summed E-state index contributed by atoms with van der Waals surface area (Å²) in [6.45, 7) is 0.628. The van der Waals surface area contributed by atoms with Crippen molar-refractivity contribution in [1.29, 1.82) is 0 Å². The number of hydrogen-bond acceptors (Lipinski definition) is 8. The number of nitrogens with one attached hydrogen (secondary N) is 4. The Bertz CT molecular complexity index is 1740. The molecular formula is C30H28Cl2IN9O4. The topological polar surface area (TPSA) is 161 Å². The van der Waals surface area contributed by atoms with Crippen molar-refractivity contribution in [2.45, 2.75) is 19.0 Å². The second-order valence-electron chi connectivity index (χ2n) is 9.74. The fraction of sp³-hybridized carbons (Fsp3) is 0.200. The van der Waals surface area contributed by atoms with E-state index in [9.17, 15) is 9.59 Å². The number of tetrazole rings is 1. The van der Waals surface area contributed by atoms with Crippen molar-refractivity contribution in [3.8, 4) is 16.9 Å². The van der Waals surface area contributed by atoms with Gasteiger partial charge in [-0.05, 0) is 58.3 Å². The maximum Gasteiger partial charge on any atom is 0.411 e. The molecular weight excluding hydrogens is 748 g/mol. The smallest absolute Gasteiger partial charge is 0.411 e. The molecule has 0 radical (unpaired) electrons. The maximum atomic E-state index is 13.2. The molecule has 3 amide bonds. The Hall–Kier alpha value is -4.25. The third-order valence-electron chi connectivity index (χ3n) is 6.62. The van der Waals surface area contributed by atoms with Crippen LogP contribution < -0.4 is 16.0 Å². The van der Waals surface area contributed by atoms with Gasteiger partial charge in [-0.25, -0.2) is 19.3 Å². The lowest BCUT2D eigenvalue weighted by Gasteiger charge is -2.18. The number of alkyl halides is 1. The van der Waals surface area contributed by atoms with Crippen molar-refractivity contribution in [3.63, 3.8) is 0 Å². The summed E-state index contributed by atoms with van der Waals surface area (Å²) in [7, 11) is 0. The van der Waals surface area contributed by atoms with Gasteiger partial charge in [0, 0.05) is 22.8 Å². The molecule has 16 heteroatoms. The largest absolute Gasteiger partial charge is 0.447 e. The van der Waals surface area contributed by atoms with Crippen LogP contribution in [0.4, 0.5) is 15.3 Å². The molecule has 4 N–H and O–H groups in total. The van der Waals surface area contributed by atoms with Gasteiger partial charge in [-0.3, -0.25) is 5.32 Å². The molecule has 0 saturated heterocycles. The molecule has 0 saturated carbocycles. The number of carbonyl (C=O) groups excluding carboxylic acids is 2. The molecule has 2 heterocycles. The molecule has 0 aliphatic rings. The minimum absolute atomic E-state index is 0.150. The first-order valence-corrected chi connectivity index (χ1v) is 16.2. The van der Waals surface area contributed by atoms with Crippen molar-refractivity contribution in [2.24, 2.45) is 0 Å². The van der Waals surface area contributed by atoms with E-state index in [1.165, 1.54) is 11.0 Å². The highest BCUT2D eigenvalue weighted by Crippen LogP contribution is 2.29. The number of ether oxygens (including phenoxy) is 2. The van der Waals surface area contributed by atoms with Gasteiger partial charge in [0.1, 0.15) is 29.6 Å². The first kappa shape index (κ1) is 33.1. The van der Waals surface area contributed by atoms with E-state index in [-0.39, 0.29) is 13.2 Å². The summed E-state index contributed by atoms with van der Waals surface area (Å²) in [5.74, 6) is 0.468. The monoisotopic (exact) mass is 775 g/mol. The summed E-state index contributed by atoms with van der Waals surface area (Å²) >= 11 is 14.9. The molecule has 0 unspecified atom stereocenters. The zero-order valence-corrected chi connectivity index (χ0v) is 27.8. The maximum absolute atomic E-state index is 13.2. The van der Waals surface area contributed by atoms with Crippen molar-refractivity contribution < 1.29 is 19.1 Å². The number of hydrogen-bond donors (Lipinski definition) is 4. The van der Waals surface area contributed by atoms with E-state index in [0.717, 1.165) is 5.56 Å². The number of aromatic amines is 1. The van der Waals surface area contributed by atoms with E-state index in [1.54, 1.807) is 42.5 Å². The van der Waals surface area contributed by atoms with Crippen LogP contribution in [-0.4, -0.2) is 60.1 Å². The lowest BCUT2D eigenvalue weighted by Crippen LogP contribution is -2.39. The van der Waals surface area contributed by atoms with Crippen LogP contribution in [0, 0.1) is 0 Å². The van der Waals surface area contributed by atoms with E-state index in [2.05, 4.69) is 59.1 Å². The minimum Gasteiger partial charge on any atom is -0.447 e. The van der Waals surface area contributed by atoms with Gasteiger partial charge in [-0.2, -0.15) is 0 Å². The van der Waals surface area contributed by atoms with Crippen molar-refractivity contribution in [2.75, 3.05) is 23.1 Å². The summed E-state index contributed by atoms with van der Waals surface area (Å²) in [6.07, 6.45) is 1.32. The number of urea groups is 1. The molecule has 0 fully saturated rings. The molecule has 2 aromatic heterocycles. The molecule has 5 aromatic rings. The molecule has 3 aromatic carbocycles. The van der Waals surface area contributed by atoms with Gasteiger partial charge in [0.2, 0.25) is 0 Å². The highest BCUT2D eigenvalue weighted by molar-refractivity contribution is 14.1. The fourth-order valence-corrected chi connectivity index (χ4v) is 5.23. The van der Waals surface area contributed by atoms with Gasteiger partial charge in [-0.1, -0.05) is 88.3 Å². The number of amides is 3. The Morgan fingerprint density at radius 1 is 1.02 bits per heavy atom. The molecule has 0 aliphatic heterocycles. The third-order valence-corrected chi connectivity index (χ3v) is 7.56. The molecule has 13 nitrogen and oxygen atoms in total. The van der Waals surface area contributed by atoms with Crippen LogP contribution in [-0.2, 0) is 22.4 Å². The molecule has 46 heavy (non-hydrogen) atoms. The van der Waals surface area contributed by atoms with Crippen LogP contribution >= 0.6 is 45.8 Å². The summed E-state index contributed by atoms with van der Waals surface area (Å²) in [6, 6.07) is 21.0. The first-order valence-electron chi connectivity index (χ1n) is 13.9. The van der Waals surface area contributed by atoms with E-state index < -0.39 is 18.2 Å². The van der Waals surface area contributed by atoms with Gasteiger partial charge < -0.3 is 25.1 Å². The lowest BCUT2D eigenvalue weighted by atomic mass is 10.1. The predicted molar refractivity (Wildman–Crippen MR) is 181 cm³/mol. The van der Waals surface area contributed by atoms with Crippen molar-refractivity contribution in [1.82, 2.24) is 40.8 Å². The average Bonchev–Trinajstić information content (AvgIpc) is 3.73. The second kappa shape index (κ2) is 16.4. The molecule has 0 aliphatic carbocycles. The standard InChI is InChI=1S/C30H28Cl2IN9O4/c31-22-8-11-25(42-18-35-40-41-42)21(15-22)16-34-29(43)37-24(14-19-4-2-1-3-5-19)28-38-26(27(32)39-28)20-6-9-23(10-7-20)36-30(44)46-13-12-45-17-33/h1-11,15,18,24H,12-14,16-17H2,(H,36,44)(H,38,39)(H2,34,37,43)/t24-/m0/s1. The normalized spacial score (nSPS) is 11.5. The first-order chi connectivity index (χ1) is 22.4. The Morgan fingerprint density at radius 2 is 1.83 bits per heavy atom. The zero-order chi connectivity index (χ0) is 32.3. The molecule has 238 valence electrons. The van der Waals surface area contributed by atoms with Gasteiger partial charge in [0.05, 0.1) is 22.9 Å². The summed E-state index contributed by atoms with van der Waals surface area (Å²) in [5, 5.41) is 20.7. The Kier molecular flexibility index (Phi) is 11.8. The van der Waals surface area contributed by atoms with Gasteiger partial charge in [0.25, 0.3) is 0 Å². The Balaban J connectivity index is 1.29. The number of halogens is 3. The lowest BCUT2D eigenvalue weighted by molar-refractivity contribution is 0.104. The van der Waals surface area contributed by atoms with Crippen LogP contribution in [0.2, 0.25) is 10.2 Å². The number of H-pyrrole nitrogens is 1. The highest BCUT2D eigenvalue weighted by atomic mass is 127. The van der Waals surface area contributed by atoms with Crippen LogP contribution in [0.15, 0.2) is 79.1 Å². The van der Waals surface area contributed by atoms with Gasteiger partial charge in [-0.15, -0.1) is 5.10 Å². The number of benzene rings is 3. The quantitative estimate of drug-likeness (QED) is 0.0634. The number of imidazole rings is 1. The number of aromatic nitrogens is 6. The van der Waals surface area contributed by atoms with Crippen molar-refractivity contribution >= 4 is 63.6 Å². The number of nitrogens with zero attached hydrogens (tertiary/aromatic N) is 5. The predicted octanol–water partition coefficient (Wildman–Crippen LogP) is 6.10. The SMILES string of the molecule is O=C(NCc1cc(Cl)ccc1-n1cnnn1)N[C@@H](Cc1ccccc1)c1nc(-c2ccc(NC(=O)OCCOCI)cc2)c(Cl)[nH]1. The summed E-state index contributed by atoms with van der Waals surface area (Å²) in [5.41, 5.74) is 4.12. The highest BCUT2D eigenvalue weighted by Gasteiger charge is 2.22. The van der Waals surface area contributed by atoms with E-state index in [1.807, 2.05) is 30.3 Å². The Morgan fingerprint density at radius 3 is 2.57 bits per heavy atom. The molecule has 5 rings (SSSR count). The van der Waals surface area contributed by atoms with E-state index in [0.29, 0.717) is 61.8 Å².